The third kappa shape index (κ3) is 5.99. The molecule has 1 aromatic rings. The fraction of sp³-hybridized carbons (Fsp3) is 0.357. The number of thioether (sulfide) groups is 1. The van der Waals surface area contributed by atoms with Gasteiger partial charge in [-0.25, -0.2) is 0 Å². The molecule has 0 aliphatic heterocycles. The third-order valence-electron chi connectivity index (χ3n) is 2.51. The molecule has 0 aliphatic carbocycles. The van der Waals surface area contributed by atoms with Crippen LogP contribution in [-0.2, 0) is 0 Å². The maximum absolute atomic E-state index is 12.0. The highest BCUT2D eigenvalue weighted by Gasteiger charge is 2.13. The van der Waals surface area contributed by atoms with E-state index < -0.39 is 0 Å². The number of aromatic nitrogens is 1. The zero-order valence-electron chi connectivity index (χ0n) is 11.4. The Labute approximate surface area is 123 Å². The Morgan fingerprint density at radius 3 is 2.80 bits per heavy atom. The first kappa shape index (κ1) is 16.4. The molecule has 0 radical (unpaired) electrons. The Bertz CT molecular complexity index is 473. The fourth-order valence-corrected chi connectivity index (χ4v) is 2.07. The zero-order valence-corrected chi connectivity index (χ0v) is 12.2. The number of allylic oxidation sites excluding steroid dienone is 1. The van der Waals surface area contributed by atoms with Crippen LogP contribution in [0, 0.1) is 0 Å². The molecule has 20 heavy (non-hydrogen) atoms. The number of carbonyl (C=O) groups excluding carboxylic acids is 1. The number of hydrogen-bond acceptors (Lipinski definition) is 5. The van der Waals surface area contributed by atoms with E-state index in [2.05, 4.69) is 16.6 Å². The van der Waals surface area contributed by atoms with Crippen LogP contribution < -0.4 is 11.5 Å². The van der Waals surface area contributed by atoms with Crippen molar-refractivity contribution in [3.05, 3.63) is 41.6 Å². The van der Waals surface area contributed by atoms with Crippen molar-refractivity contribution in [2.45, 2.75) is 19.3 Å². The van der Waals surface area contributed by atoms with E-state index in [-0.39, 0.29) is 5.78 Å². The molecular weight excluding hydrogens is 272 g/mol. The molecule has 1 heterocycles. The molecule has 0 saturated carbocycles. The average molecular weight is 292 g/mol. The third-order valence-corrected chi connectivity index (χ3v) is 3.28. The van der Waals surface area contributed by atoms with Crippen LogP contribution in [0.5, 0.6) is 0 Å². The zero-order chi connectivity index (χ0) is 14.8. The monoisotopic (exact) mass is 292 g/mol. The molecular formula is C14H20N4OS. The van der Waals surface area contributed by atoms with Gasteiger partial charge < -0.3 is 11.5 Å². The summed E-state index contributed by atoms with van der Waals surface area (Å²) in [5.41, 5.74) is 11.5. The molecule has 0 fully saturated rings. The van der Waals surface area contributed by atoms with Gasteiger partial charge in [-0.1, -0.05) is 19.1 Å². The Kier molecular flexibility index (Phi) is 7.60. The van der Waals surface area contributed by atoms with E-state index in [1.165, 1.54) is 0 Å². The molecule has 0 amide bonds. The predicted octanol–water partition coefficient (Wildman–Crippen LogP) is 1.95. The van der Waals surface area contributed by atoms with Gasteiger partial charge in [-0.2, -0.15) is 0 Å². The topological polar surface area (TPSA) is 94.4 Å². The smallest absolute Gasteiger partial charge is 0.217 e. The largest absolute Gasteiger partial charge is 0.378 e. The lowest BCUT2D eigenvalue weighted by molar-refractivity contribution is 0.103. The molecule has 6 heteroatoms. The summed E-state index contributed by atoms with van der Waals surface area (Å²) in [6.07, 6.45) is 4.54. The van der Waals surface area contributed by atoms with Crippen molar-refractivity contribution in [1.29, 1.82) is 0 Å². The van der Waals surface area contributed by atoms with E-state index in [9.17, 15) is 4.79 Å². The van der Waals surface area contributed by atoms with E-state index in [1.807, 2.05) is 0 Å². The van der Waals surface area contributed by atoms with Crippen molar-refractivity contribution < 1.29 is 4.79 Å². The minimum Gasteiger partial charge on any atom is -0.378 e. The second-order valence-electron chi connectivity index (χ2n) is 4.14. The van der Waals surface area contributed by atoms with Gasteiger partial charge in [0.1, 0.15) is 5.69 Å². The second kappa shape index (κ2) is 9.28. The maximum Gasteiger partial charge on any atom is 0.217 e. The van der Waals surface area contributed by atoms with Gasteiger partial charge in [-0.15, -0.1) is 0 Å². The number of unbranched alkanes of at least 4 members (excludes halogenated alkanes) is 2. The van der Waals surface area contributed by atoms with Gasteiger partial charge in [-0.3, -0.25) is 14.8 Å². The van der Waals surface area contributed by atoms with Gasteiger partial charge in [0.05, 0.1) is 4.91 Å². The molecule has 0 saturated heterocycles. The van der Waals surface area contributed by atoms with Crippen molar-refractivity contribution in [2.75, 3.05) is 13.1 Å². The van der Waals surface area contributed by atoms with Gasteiger partial charge >= 0.3 is 0 Å². The van der Waals surface area contributed by atoms with E-state index >= 15 is 0 Å². The van der Waals surface area contributed by atoms with Crippen LogP contribution in [0.4, 0.5) is 0 Å². The average Bonchev–Trinajstić information content (AvgIpc) is 2.47. The van der Waals surface area contributed by atoms with E-state index in [4.69, 9.17) is 11.5 Å². The summed E-state index contributed by atoms with van der Waals surface area (Å²) < 4.78 is 0. The highest BCUT2D eigenvalue weighted by Crippen LogP contribution is 2.17. The molecule has 0 unspecified atom stereocenters. The molecule has 0 aromatic carbocycles. The van der Waals surface area contributed by atoms with Crippen LogP contribution in [0.1, 0.15) is 29.8 Å². The Morgan fingerprint density at radius 2 is 2.15 bits per heavy atom. The second-order valence-corrected chi connectivity index (χ2v) is 5.25. The highest BCUT2D eigenvalue weighted by atomic mass is 32.2. The standard InChI is InChI=1S/C14H20N4OS/c1-11(13(19)12-7-3-6-9-17-12)20-14(16)18-10-5-2-4-8-15/h3,6-7,9H,1-2,4-5,8,10,15H2,(H2,16,18). The summed E-state index contributed by atoms with van der Waals surface area (Å²) in [5.74, 6) is -0.225. The number of carbonyl (C=O) groups is 1. The van der Waals surface area contributed by atoms with Crippen LogP contribution >= 0.6 is 11.8 Å². The summed E-state index contributed by atoms with van der Waals surface area (Å²) in [5, 5.41) is 0.354. The predicted molar refractivity (Wildman–Crippen MR) is 84.7 cm³/mol. The Balaban J connectivity index is 2.41. The number of rotatable bonds is 8. The van der Waals surface area contributed by atoms with Crippen molar-refractivity contribution >= 4 is 22.7 Å². The highest BCUT2D eigenvalue weighted by molar-refractivity contribution is 8.17. The van der Waals surface area contributed by atoms with E-state index in [1.54, 1.807) is 24.4 Å². The SMILES string of the molecule is C=C(SC(N)=NCCCCCN)C(=O)c1ccccn1. The summed E-state index contributed by atoms with van der Waals surface area (Å²) in [6.45, 7) is 5.07. The van der Waals surface area contributed by atoms with Crippen molar-refractivity contribution in [1.82, 2.24) is 4.98 Å². The Morgan fingerprint density at radius 1 is 1.35 bits per heavy atom. The van der Waals surface area contributed by atoms with Crippen molar-refractivity contribution in [3.8, 4) is 0 Å². The molecule has 108 valence electrons. The first-order valence-corrected chi connectivity index (χ1v) is 7.29. The van der Waals surface area contributed by atoms with Gasteiger partial charge in [0.25, 0.3) is 0 Å². The van der Waals surface area contributed by atoms with Crippen LogP contribution in [0.3, 0.4) is 0 Å². The van der Waals surface area contributed by atoms with Crippen LogP contribution in [-0.4, -0.2) is 29.0 Å². The number of hydrogen-bond donors (Lipinski definition) is 2. The molecule has 0 bridgehead atoms. The number of nitrogens with two attached hydrogens (primary N) is 2. The quantitative estimate of drug-likeness (QED) is 0.251. The number of Topliss-reactive ketones (excluding diaryl/α,β-unsaturated/α-hetero) is 1. The fourth-order valence-electron chi connectivity index (χ4n) is 1.47. The van der Waals surface area contributed by atoms with Gasteiger partial charge in [-0.05, 0) is 43.3 Å². The molecule has 1 aromatic heterocycles. The van der Waals surface area contributed by atoms with Gasteiger partial charge in [0.15, 0.2) is 5.17 Å². The lowest BCUT2D eigenvalue weighted by atomic mass is 10.2. The normalized spacial score (nSPS) is 11.3. The number of amidine groups is 1. The molecule has 1 rings (SSSR count). The number of ketones is 1. The summed E-state index contributed by atoms with van der Waals surface area (Å²) in [6, 6.07) is 5.16. The summed E-state index contributed by atoms with van der Waals surface area (Å²) >= 11 is 1.09. The van der Waals surface area contributed by atoms with Crippen LogP contribution in [0.15, 0.2) is 40.9 Å². The van der Waals surface area contributed by atoms with E-state index in [0.29, 0.717) is 28.9 Å². The molecule has 0 aliphatic rings. The lowest BCUT2D eigenvalue weighted by Gasteiger charge is -2.03. The first-order valence-electron chi connectivity index (χ1n) is 6.47. The molecule has 4 N–H and O–H groups in total. The lowest BCUT2D eigenvalue weighted by Crippen LogP contribution is -2.11. The van der Waals surface area contributed by atoms with Crippen LogP contribution in [0.2, 0.25) is 0 Å². The minimum atomic E-state index is -0.225. The molecule has 5 nitrogen and oxygen atoms in total. The van der Waals surface area contributed by atoms with Crippen molar-refractivity contribution in [3.63, 3.8) is 0 Å². The Hall–Kier alpha value is -1.66. The van der Waals surface area contributed by atoms with E-state index in [0.717, 1.165) is 31.0 Å². The number of aliphatic imine (C=N–C) groups is 1. The number of nitrogens with zero attached hydrogens (tertiary/aromatic N) is 2. The summed E-state index contributed by atoms with van der Waals surface area (Å²) in [7, 11) is 0. The summed E-state index contributed by atoms with van der Waals surface area (Å²) in [4.78, 5) is 20.5. The number of pyridine rings is 1. The maximum atomic E-state index is 12.0. The van der Waals surface area contributed by atoms with Gasteiger partial charge in [0.2, 0.25) is 5.78 Å². The first-order chi connectivity index (χ1) is 9.65. The van der Waals surface area contributed by atoms with Gasteiger partial charge in [0, 0.05) is 12.7 Å². The molecule has 0 atom stereocenters. The minimum absolute atomic E-state index is 0.225. The van der Waals surface area contributed by atoms with Crippen molar-refractivity contribution in [2.24, 2.45) is 16.5 Å². The molecule has 0 spiro atoms. The van der Waals surface area contributed by atoms with Crippen LogP contribution in [0.25, 0.3) is 0 Å².